The standard InChI is InChI=1S/C8H8O/c1-6-4-3-5-7(2)8(6)9/h3-4H,1-2,5H2. The third-order valence-electron chi connectivity index (χ3n) is 1.30. The lowest BCUT2D eigenvalue weighted by molar-refractivity contribution is -0.112. The maximum atomic E-state index is 10.9. The van der Waals surface area contributed by atoms with Crippen LogP contribution >= 0.6 is 0 Å². The summed E-state index contributed by atoms with van der Waals surface area (Å²) in [5, 5.41) is 0. The molecule has 46 valence electrons. The summed E-state index contributed by atoms with van der Waals surface area (Å²) < 4.78 is 0. The zero-order chi connectivity index (χ0) is 6.85. The monoisotopic (exact) mass is 120 g/mol. The van der Waals surface area contributed by atoms with E-state index in [4.69, 9.17) is 0 Å². The predicted octanol–water partition coefficient (Wildman–Crippen LogP) is 1.63. The van der Waals surface area contributed by atoms with Crippen molar-refractivity contribution in [3.05, 3.63) is 36.5 Å². The van der Waals surface area contributed by atoms with Gasteiger partial charge in [-0.2, -0.15) is 0 Å². The van der Waals surface area contributed by atoms with Crippen molar-refractivity contribution < 1.29 is 4.79 Å². The molecule has 0 aromatic carbocycles. The summed E-state index contributed by atoms with van der Waals surface area (Å²) in [7, 11) is 0. The molecule has 1 nitrogen and oxygen atoms in total. The molecule has 0 spiro atoms. The average molecular weight is 120 g/mol. The number of hydrogen-bond donors (Lipinski definition) is 0. The smallest absolute Gasteiger partial charge is 0.188 e. The highest BCUT2D eigenvalue weighted by Crippen LogP contribution is 2.14. The zero-order valence-corrected chi connectivity index (χ0v) is 5.18. The largest absolute Gasteiger partial charge is 0.289 e. The highest BCUT2D eigenvalue weighted by atomic mass is 16.1. The van der Waals surface area contributed by atoms with Gasteiger partial charge in [-0.15, -0.1) is 0 Å². The van der Waals surface area contributed by atoms with E-state index in [-0.39, 0.29) is 5.78 Å². The number of carbonyl (C=O) groups is 1. The lowest BCUT2D eigenvalue weighted by Crippen LogP contribution is -2.05. The summed E-state index contributed by atoms with van der Waals surface area (Å²) >= 11 is 0. The molecule has 0 radical (unpaired) electrons. The first kappa shape index (κ1) is 6.02. The first-order valence-corrected chi connectivity index (χ1v) is 2.80. The molecular weight excluding hydrogens is 112 g/mol. The van der Waals surface area contributed by atoms with Crippen LogP contribution in [-0.4, -0.2) is 5.78 Å². The topological polar surface area (TPSA) is 17.1 Å². The molecule has 9 heavy (non-hydrogen) atoms. The van der Waals surface area contributed by atoms with Crippen molar-refractivity contribution in [3.63, 3.8) is 0 Å². The van der Waals surface area contributed by atoms with Crippen LogP contribution in [0.5, 0.6) is 0 Å². The molecule has 0 aromatic heterocycles. The molecule has 0 fully saturated rings. The van der Waals surface area contributed by atoms with E-state index in [0.717, 1.165) is 0 Å². The summed E-state index contributed by atoms with van der Waals surface area (Å²) in [6.07, 6.45) is 4.31. The number of allylic oxidation sites excluding steroid dienone is 4. The molecule has 0 aliphatic heterocycles. The van der Waals surface area contributed by atoms with Crippen molar-refractivity contribution >= 4 is 5.78 Å². The van der Waals surface area contributed by atoms with Crippen molar-refractivity contribution in [2.24, 2.45) is 0 Å². The van der Waals surface area contributed by atoms with E-state index in [1.165, 1.54) is 0 Å². The van der Waals surface area contributed by atoms with Gasteiger partial charge in [-0.25, -0.2) is 0 Å². The molecule has 0 unspecified atom stereocenters. The van der Waals surface area contributed by atoms with E-state index >= 15 is 0 Å². The SMILES string of the molecule is C=C1C=CCC(=C)C1=O. The minimum absolute atomic E-state index is 0.00231. The van der Waals surface area contributed by atoms with Crippen molar-refractivity contribution in [3.8, 4) is 0 Å². The van der Waals surface area contributed by atoms with Crippen LogP contribution in [0.1, 0.15) is 6.42 Å². The molecule has 1 rings (SSSR count). The van der Waals surface area contributed by atoms with Gasteiger partial charge in [0, 0.05) is 5.57 Å². The van der Waals surface area contributed by atoms with Gasteiger partial charge in [0.15, 0.2) is 5.78 Å². The van der Waals surface area contributed by atoms with Crippen LogP contribution in [0.4, 0.5) is 0 Å². The van der Waals surface area contributed by atoms with Crippen molar-refractivity contribution in [1.29, 1.82) is 0 Å². The van der Waals surface area contributed by atoms with Crippen molar-refractivity contribution in [2.45, 2.75) is 6.42 Å². The summed E-state index contributed by atoms with van der Waals surface area (Å²) in [6, 6.07) is 0. The molecule has 0 saturated heterocycles. The Kier molecular flexibility index (Phi) is 1.35. The second-order valence-corrected chi connectivity index (χ2v) is 2.06. The van der Waals surface area contributed by atoms with Gasteiger partial charge in [-0.1, -0.05) is 25.3 Å². The van der Waals surface area contributed by atoms with E-state index < -0.39 is 0 Å². The quantitative estimate of drug-likeness (QED) is 0.444. The molecule has 0 aromatic rings. The maximum absolute atomic E-state index is 10.9. The average Bonchev–Trinajstić information content (AvgIpc) is 1.83. The summed E-state index contributed by atoms with van der Waals surface area (Å²) in [5.74, 6) is -0.00231. The van der Waals surface area contributed by atoms with Crippen LogP contribution in [-0.2, 0) is 4.79 Å². The zero-order valence-electron chi connectivity index (χ0n) is 5.18. The number of Topliss-reactive ketones (excluding diaryl/α,β-unsaturated/α-hetero) is 1. The maximum Gasteiger partial charge on any atom is 0.188 e. The second kappa shape index (κ2) is 2.02. The molecule has 1 aliphatic rings. The van der Waals surface area contributed by atoms with Gasteiger partial charge in [0.05, 0.1) is 0 Å². The van der Waals surface area contributed by atoms with Gasteiger partial charge in [0.1, 0.15) is 0 Å². The van der Waals surface area contributed by atoms with Crippen LogP contribution < -0.4 is 0 Å². The lowest BCUT2D eigenvalue weighted by Gasteiger charge is -2.05. The van der Waals surface area contributed by atoms with Gasteiger partial charge in [-0.05, 0) is 12.0 Å². The Balaban J connectivity index is 2.94. The summed E-state index contributed by atoms with van der Waals surface area (Å²) in [4.78, 5) is 10.9. The van der Waals surface area contributed by atoms with Gasteiger partial charge in [0.25, 0.3) is 0 Å². The second-order valence-electron chi connectivity index (χ2n) is 2.06. The highest BCUT2D eigenvalue weighted by molar-refractivity contribution is 6.10. The Morgan fingerprint density at radius 1 is 1.44 bits per heavy atom. The molecular formula is C8H8O. The number of carbonyl (C=O) groups excluding carboxylic acids is 1. The van der Waals surface area contributed by atoms with Crippen LogP contribution in [0.15, 0.2) is 36.5 Å². The molecule has 0 N–H and O–H groups in total. The summed E-state index contributed by atoms with van der Waals surface area (Å²) in [6.45, 7) is 7.13. The number of hydrogen-bond acceptors (Lipinski definition) is 1. The Morgan fingerprint density at radius 2 is 2.11 bits per heavy atom. The molecule has 0 bridgehead atoms. The molecule has 0 saturated carbocycles. The van der Waals surface area contributed by atoms with E-state index in [0.29, 0.717) is 17.6 Å². The minimum Gasteiger partial charge on any atom is -0.289 e. The number of rotatable bonds is 0. The Hall–Kier alpha value is -1.11. The van der Waals surface area contributed by atoms with Gasteiger partial charge < -0.3 is 0 Å². The van der Waals surface area contributed by atoms with Crippen LogP contribution in [0.25, 0.3) is 0 Å². The first-order chi connectivity index (χ1) is 4.22. The van der Waals surface area contributed by atoms with Crippen LogP contribution in [0, 0.1) is 0 Å². The molecule has 0 atom stereocenters. The Bertz CT molecular complexity index is 209. The van der Waals surface area contributed by atoms with Crippen molar-refractivity contribution in [1.82, 2.24) is 0 Å². The molecule has 1 heteroatoms. The third-order valence-corrected chi connectivity index (χ3v) is 1.30. The molecule has 0 amide bonds. The predicted molar refractivity (Wildman–Crippen MR) is 37.0 cm³/mol. The highest BCUT2D eigenvalue weighted by Gasteiger charge is 2.10. The first-order valence-electron chi connectivity index (χ1n) is 2.80. The fourth-order valence-electron chi connectivity index (χ4n) is 0.739. The fourth-order valence-corrected chi connectivity index (χ4v) is 0.739. The van der Waals surface area contributed by atoms with E-state index in [9.17, 15) is 4.79 Å². The fraction of sp³-hybridized carbons (Fsp3) is 0.125. The van der Waals surface area contributed by atoms with Gasteiger partial charge in [-0.3, -0.25) is 4.79 Å². The van der Waals surface area contributed by atoms with Crippen LogP contribution in [0.2, 0.25) is 0 Å². The van der Waals surface area contributed by atoms with Crippen molar-refractivity contribution in [2.75, 3.05) is 0 Å². The lowest BCUT2D eigenvalue weighted by atomic mass is 9.98. The third kappa shape index (κ3) is 0.992. The van der Waals surface area contributed by atoms with E-state index in [2.05, 4.69) is 13.2 Å². The molecule has 1 aliphatic carbocycles. The normalized spacial score (nSPS) is 18.9. The molecule has 0 heterocycles. The number of ketones is 1. The Morgan fingerprint density at radius 3 is 2.56 bits per heavy atom. The van der Waals surface area contributed by atoms with Gasteiger partial charge >= 0.3 is 0 Å². The van der Waals surface area contributed by atoms with Crippen LogP contribution in [0.3, 0.4) is 0 Å². The summed E-state index contributed by atoms with van der Waals surface area (Å²) in [5.41, 5.74) is 1.19. The minimum atomic E-state index is -0.00231. The van der Waals surface area contributed by atoms with E-state index in [1.54, 1.807) is 6.08 Å². The van der Waals surface area contributed by atoms with Gasteiger partial charge in [0.2, 0.25) is 0 Å². The Labute approximate surface area is 54.4 Å². The van der Waals surface area contributed by atoms with E-state index in [1.807, 2.05) is 6.08 Å².